The summed E-state index contributed by atoms with van der Waals surface area (Å²) >= 11 is 0. The predicted octanol–water partition coefficient (Wildman–Crippen LogP) is 1.49. The molecule has 1 aromatic rings. The van der Waals surface area contributed by atoms with E-state index in [4.69, 9.17) is 5.73 Å². The summed E-state index contributed by atoms with van der Waals surface area (Å²) in [4.78, 5) is 25.2. The molecule has 1 fully saturated rings. The zero-order valence-electron chi connectivity index (χ0n) is 11.1. The van der Waals surface area contributed by atoms with Crippen LogP contribution in [0.3, 0.4) is 0 Å². The Labute approximate surface area is 112 Å². The van der Waals surface area contributed by atoms with Crippen LogP contribution in [-0.4, -0.2) is 24.4 Å². The molecule has 1 aliphatic heterocycles. The number of rotatable bonds is 4. The monoisotopic (exact) mass is 261 g/mol. The molecule has 1 atom stereocenters. The third-order valence-electron chi connectivity index (χ3n) is 3.28. The predicted molar refractivity (Wildman–Crippen MR) is 74.9 cm³/mol. The molecule has 19 heavy (non-hydrogen) atoms. The van der Waals surface area contributed by atoms with Gasteiger partial charge in [0, 0.05) is 24.3 Å². The van der Waals surface area contributed by atoms with Crippen molar-refractivity contribution in [1.82, 2.24) is 0 Å². The molecular formula is C14H19N3O2. The van der Waals surface area contributed by atoms with Crippen molar-refractivity contribution in [2.24, 2.45) is 5.73 Å². The van der Waals surface area contributed by atoms with Crippen molar-refractivity contribution in [3.05, 3.63) is 24.3 Å². The highest BCUT2D eigenvalue weighted by Crippen LogP contribution is 2.24. The first-order valence-corrected chi connectivity index (χ1v) is 6.58. The molecule has 0 radical (unpaired) electrons. The van der Waals surface area contributed by atoms with Crippen molar-refractivity contribution in [2.45, 2.75) is 32.2 Å². The average molecular weight is 261 g/mol. The van der Waals surface area contributed by atoms with Crippen molar-refractivity contribution in [2.75, 3.05) is 16.8 Å². The van der Waals surface area contributed by atoms with E-state index in [1.807, 2.05) is 25.1 Å². The van der Waals surface area contributed by atoms with E-state index in [1.54, 1.807) is 11.0 Å². The van der Waals surface area contributed by atoms with E-state index in [0.29, 0.717) is 18.5 Å². The zero-order chi connectivity index (χ0) is 13.8. The van der Waals surface area contributed by atoms with Crippen molar-refractivity contribution >= 4 is 23.2 Å². The van der Waals surface area contributed by atoms with Gasteiger partial charge in [-0.1, -0.05) is 13.0 Å². The Morgan fingerprint density at radius 3 is 2.95 bits per heavy atom. The standard InChI is InChI=1S/C14H19N3O2/c1-2-12(15)14(19)16-10-5-3-6-11(9-10)17-8-4-7-13(17)18/h3,5-6,9,12H,2,4,7-8,15H2,1H3,(H,16,19)/t12-/m1/s1. The van der Waals surface area contributed by atoms with Gasteiger partial charge in [0.1, 0.15) is 0 Å². The Kier molecular flexibility index (Phi) is 4.16. The molecule has 0 bridgehead atoms. The highest BCUT2D eigenvalue weighted by molar-refractivity contribution is 5.98. The smallest absolute Gasteiger partial charge is 0.241 e. The van der Waals surface area contributed by atoms with E-state index in [1.165, 1.54) is 0 Å². The maximum absolute atomic E-state index is 11.7. The molecule has 1 aromatic carbocycles. The van der Waals surface area contributed by atoms with E-state index < -0.39 is 6.04 Å². The minimum atomic E-state index is -0.503. The molecule has 0 spiro atoms. The number of nitrogens with zero attached hydrogens (tertiary/aromatic N) is 1. The summed E-state index contributed by atoms with van der Waals surface area (Å²) in [6.45, 7) is 2.61. The number of hydrogen-bond acceptors (Lipinski definition) is 3. The summed E-state index contributed by atoms with van der Waals surface area (Å²) in [7, 11) is 0. The largest absolute Gasteiger partial charge is 0.325 e. The lowest BCUT2D eigenvalue weighted by atomic mass is 10.2. The van der Waals surface area contributed by atoms with Crippen molar-refractivity contribution in [1.29, 1.82) is 0 Å². The summed E-state index contributed by atoms with van der Waals surface area (Å²) in [5.74, 6) is -0.0684. The first kappa shape index (κ1) is 13.5. The van der Waals surface area contributed by atoms with Crippen LogP contribution in [0.5, 0.6) is 0 Å². The van der Waals surface area contributed by atoms with Gasteiger partial charge >= 0.3 is 0 Å². The van der Waals surface area contributed by atoms with E-state index in [9.17, 15) is 9.59 Å². The fraction of sp³-hybridized carbons (Fsp3) is 0.429. The van der Waals surface area contributed by atoms with Crippen molar-refractivity contribution < 1.29 is 9.59 Å². The Hall–Kier alpha value is -1.88. The van der Waals surface area contributed by atoms with Gasteiger partial charge in [-0.15, -0.1) is 0 Å². The van der Waals surface area contributed by atoms with Crippen molar-refractivity contribution in [3.63, 3.8) is 0 Å². The summed E-state index contributed by atoms with van der Waals surface area (Å²) in [5.41, 5.74) is 7.17. The highest BCUT2D eigenvalue weighted by Gasteiger charge is 2.22. The Bertz CT molecular complexity index is 487. The third-order valence-corrected chi connectivity index (χ3v) is 3.28. The quantitative estimate of drug-likeness (QED) is 0.862. The second kappa shape index (κ2) is 5.84. The Morgan fingerprint density at radius 1 is 1.53 bits per heavy atom. The molecule has 0 aromatic heterocycles. The minimum Gasteiger partial charge on any atom is -0.325 e. The molecule has 5 nitrogen and oxygen atoms in total. The average Bonchev–Trinajstić information content (AvgIpc) is 2.84. The Morgan fingerprint density at radius 2 is 2.32 bits per heavy atom. The van der Waals surface area contributed by atoms with E-state index in [-0.39, 0.29) is 11.8 Å². The number of benzene rings is 1. The fourth-order valence-electron chi connectivity index (χ4n) is 2.09. The van der Waals surface area contributed by atoms with Gasteiger partial charge in [0.2, 0.25) is 11.8 Å². The van der Waals surface area contributed by atoms with E-state index in [0.717, 1.165) is 18.7 Å². The van der Waals surface area contributed by atoms with Gasteiger partial charge in [-0.25, -0.2) is 0 Å². The molecule has 102 valence electrons. The topological polar surface area (TPSA) is 75.4 Å². The number of hydrogen-bond donors (Lipinski definition) is 2. The maximum atomic E-state index is 11.7. The molecule has 2 amide bonds. The first-order chi connectivity index (χ1) is 9.11. The first-order valence-electron chi connectivity index (χ1n) is 6.58. The minimum absolute atomic E-state index is 0.133. The molecule has 0 aliphatic carbocycles. The number of amides is 2. The normalized spacial score (nSPS) is 16.5. The molecule has 1 saturated heterocycles. The molecule has 1 heterocycles. The second-order valence-corrected chi connectivity index (χ2v) is 4.70. The lowest BCUT2D eigenvalue weighted by molar-refractivity contribution is -0.118. The summed E-state index contributed by atoms with van der Waals surface area (Å²) < 4.78 is 0. The number of carbonyl (C=O) groups excluding carboxylic acids is 2. The molecule has 0 saturated carbocycles. The van der Waals surface area contributed by atoms with E-state index in [2.05, 4.69) is 5.32 Å². The number of nitrogens with one attached hydrogen (secondary N) is 1. The lowest BCUT2D eigenvalue weighted by Crippen LogP contribution is -2.34. The zero-order valence-corrected chi connectivity index (χ0v) is 11.1. The third kappa shape index (κ3) is 3.12. The number of anilines is 2. The van der Waals surface area contributed by atoms with Crippen LogP contribution in [-0.2, 0) is 9.59 Å². The highest BCUT2D eigenvalue weighted by atomic mass is 16.2. The second-order valence-electron chi connectivity index (χ2n) is 4.70. The lowest BCUT2D eigenvalue weighted by Gasteiger charge is -2.17. The van der Waals surface area contributed by atoms with Gasteiger partial charge in [-0.3, -0.25) is 9.59 Å². The van der Waals surface area contributed by atoms with Crippen LogP contribution >= 0.6 is 0 Å². The van der Waals surface area contributed by atoms with Gasteiger partial charge in [0.25, 0.3) is 0 Å². The summed E-state index contributed by atoms with van der Waals surface area (Å²) in [6.07, 6.45) is 2.07. The maximum Gasteiger partial charge on any atom is 0.241 e. The Balaban J connectivity index is 2.11. The van der Waals surface area contributed by atoms with Gasteiger partial charge in [0.05, 0.1) is 6.04 Å². The van der Waals surface area contributed by atoms with Crippen LogP contribution in [0.4, 0.5) is 11.4 Å². The number of carbonyl (C=O) groups is 2. The summed E-state index contributed by atoms with van der Waals surface area (Å²) in [6, 6.07) is 6.80. The van der Waals surface area contributed by atoms with Crippen LogP contribution in [0.2, 0.25) is 0 Å². The van der Waals surface area contributed by atoms with Crippen LogP contribution in [0.15, 0.2) is 24.3 Å². The molecule has 3 N–H and O–H groups in total. The van der Waals surface area contributed by atoms with Crippen LogP contribution in [0, 0.1) is 0 Å². The van der Waals surface area contributed by atoms with Crippen LogP contribution in [0.1, 0.15) is 26.2 Å². The fourth-order valence-corrected chi connectivity index (χ4v) is 2.09. The van der Waals surface area contributed by atoms with Gasteiger partial charge < -0.3 is 16.0 Å². The molecule has 5 heteroatoms. The molecular weight excluding hydrogens is 242 g/mol. The van der Waals surface area contributed by atoms with Gasteiger partial charge in [0.15, 0.2) is 0 Å². The van der Waals surface area contributed by atoms with E-state index >= 15 is 0 Å². The summed E-state index contributed by atoms with van der Waals surface area (Å²) in [5, 5.41) is 2.77. The number of nitrogens with two attached hydrogens (primary N) is 1. The van der Waals surface area contributed by atoms with Gasteiger partial charge in [-0.05, 0) is 31.0 Å². The molecule has 1 aliphatic rings. The van der Waals surface area contributed by atoms with Crippen LogP contribution < -0.4 is 16.0 Å². The van der Waals surface area contributed by atoms with Gasteiger partial charge in [-0.2, -0.15) is 0 Å². The van der Waals surface area contributed by atoms with Crippen LogP contribution in [0.25, 0.3) is 0 Å². The molecule has 2 rings (SSSR count). The molecule has 0 unspecified atom stereocenters. The van der Waals surface area contributed by atoms with Crippen molar-refractivity contribution in [3.8, 4) is 0 Å². The SMILES string of the molecule is CC[C@@H](N)C(=O)Nc1cccc(N2CCCC2=O)c1.